The molecule has 19 nitrogen and oxygen atoms in total. The molecule has 0 aromatic heterocycles. The molecule has 0 radical (unpaired) electrons. The van der Waals surface area contributed by atoms with Gasteiger partial charge in [-0.3, -0.25) is 9.59 Å². The monoisotopic (exact) mass is 943 g/mol. The lowest BCUT2D eigenvalue weighted by atomic mass is 10.1. The number of rotatable bonds is 42. The van der Waals surface area contributed by atoms with Gasteiger partial charge in [-0.1, -0.05) is 32.1 Å². The van der Waals surface area contributed by atoms with Crippen LogP contribution in [0.5, 0.6) is 11.5 Å². The number of piperazine rings is 1. The minimum Gasteiger partial charge on any atom is -0.493 e. The Morgan fingerprint density at radius 2 is 1.18 bits per heavy atom. The second kappa shape index (κ2) is 40.6. The Balaban J connectivity index is 1.46. The highest BCUT2D eigenvalue weighted by atomic mass is 16.6. The molecular weight excluding hydrogens is 861 g/mol. The molecule has 1 fully saturated rings. The number of nitrogens with zero attached hydrogens (tertiary/aromatic N) is 2. The summed E-state index contributed by atoms with van der Waals surface area (Å²) >= 11 is 0. The van der Waals surface area contributed by atoms with E-state index in [-0.39, 0.29) is 36.6 Å². The van der Waals surface area contributed by atoms with Gasteiger partial charge in [-0.15, -0.1) is 0 Å². The third-order valence-corrected chi connectivity index (χ3v) is 9.84. The number of ether oxygens (including phenoxy) is 12. The molecule has 1 aromatic carbocycles. The first kappa shape index (κ1) is 58.7. The molecule has 0 spiro atoms. The molecule has 66 heavy (non-hydrogen) atoms. The fraction of sp³-hybridized carbons (Fsp3) is 0.766. The number of hydrogen-bond donors (Lipinski definition) is 2. The van der Waals surface area contributed by atoms with Crippen molar-refractivity contribution in [3.63, 3.8) is 0 Å². The quantitative estimate of drug-likeness (QED) is 0.0715. The van der Waals surface area contributed by atoms with Crippen molar-refractivity contribution in [3.05, 3.63) is 35.9 Å². The summed E-state index contributed by atoms with van der Waals surface area (Å²) < 4.78 is 65.7. The summed E-state index contributed by atoms with van der Waals surface area (Å²) in [6.45, 7) is 15.1. The number of hydrogen-bond acceptors (Lipinski definition) is 16. The first-order valence-corrected chi connectivity index (χ1v) is 23.5. The number of amides is 3. The van der Waals surface area contributed by atoms with Crippen LogP contribution in [-0.2, 0) is 63.5 Å². The third-order valence-electron chi connectivity index (χ3n) is 9.84. The predicted molar refractivity (Wildman–Crippen MR) is 248 cm³/mol. The van der Waals surface area contributed by atoms with Crippen molar-refractivity contribution in [3.8, 4) is 11.5 Å². The molecule has 19 heteroatoms. The molecule has 0 bridgehead atoms. The van der Waals surface area contributed by atoms with Crippen molar-refractivity contribution in [1.29, 1.82) is 0 Å². The second-order valence-electron chi connectivity index (χ2n) is 15.5. The van der Waals surface area contributed by atoms with Crippen LogP contribution in [0.4, 0.5) is 4.79 Å². The summed E-state index contributed by atoms with van der Waals surface area (Å²) in [5.74, 6) is 1.14. The molecular formula is C47H82N4O15. The van der Waals surface area contributed by atoms with Gasteiger partial charge in [0.1, 0.15) is 0 Å². The molecule has 0 saturated carbocycles. The Kier molecular flexibility index (Phi) is 36.1. The highest BCUT2D eigenvalue weighted by molar-refractivity contribution is 5.78. The van der Waals surface area contributed by atoms with Gasteiger partial charge in [0, 0.05) is 46.3 Å². The van der Waals surface area contributed by atoms with Crippen molar-refractivity contribution >= 4 is 17.9 Å². The number of unbranched alkanes of at least 4 members (excludes halogenated alkanes) is 2. The number of methoxy groups -OCH3 is 2. The van der Waals surface area contributed by atoms with Gasteiger partial charge in [-0.05, 0) is 49.9 Å². The lowest BCUT2D eigenvalue weighted by Crippen LogP contribution is -2.59. The van der Waals surface area contributed by atoms with E-state index in [4.69, 9.17) is 56.8 Å². The highest BCUT2D eigenvalue weighted by Gasteiger charge is 2.33. The molecule has 1 aromatic rings. The number of carbonyl (C=O) groups is 3. The molecule has 0 aliphatic carbocycles. The Morgan fingerprint density at radius 3 is 1.67 bits per heavy atom. The fourth-order valence-corrected chi connectivity index (χ4v) is 6.32. The summed E-state index contributed by atoms with van der Waals surface area (Å²) in [7, 11) is 4.95. The van der Waals surface area contributed by atoms with E-state index in [1.165, 1.54) is 7.11 Å². The van der Waals surface area contributed by atoms with E-state index in [1.807, 2.05) is 0 Å². The zero-order valence-electron chi connectivity index (χ0n) is 40.6. The van der Waals surface area contributed by atoms with Gasteiger partial charge in [0.05, 0.1) is 145 Å². The minimum atomic E-state index is -0.528. The van der Waals surface area contributed by atoms with Crippen LogP contribution in [0.25, 0.3) is 0 Å². The average molecular weight is 943 g/mol. The molecule has 1 aliphatic heterocycles. The van der Waals surface area contributed by atoms with E-state index in [2.05, 4.69) is 36.6 Å². The smallest absolute Gasteiger partial charge is 0.415 e. The molecule has 2 N–H and O–H groups in total. The summed E-state index contributed by atoms with van der Waals surface area (Å²) in [6.07, 6.45) is 7.28. The Morgan fingerprint density at radius 1 is 0.667 bits per heavy atom. The van der Waals surface area contributed by atoms with E-state index in [0.29, 0.717) is 170 Å². The largest absolute Gasteiger partial charge is 0.493 e. The van der Waals surface area contributed by atoms with Crippen molar-refractivity contribution in [2.75, 3.05) is 173 Å². The van der Waals surface area contributed by atoms with Crippen LogP contribution >= 0.6 is 0 Å². The minimum absolute atomic E-state index is 0.00751. The van der Waals surface area contributed by atoms with Crippen LogP contribution in [-0.4, -0.2) is 207 Å². The number of carbonyl (C=O) groups excluding carboxylic acids is 3. The Labute approximate surface area is 393 Å². The maximum Gasteiger partial charge on any atom is 0.415 e. The molecule has 1 saturated heterocycles. The Hall–Kier alpha value is -3.47. The van der Waals surface area contributed by atoms with Crippen LogP contribution in [0.1, 0.15) is 51.5 Å². The van der Waals surface area contributed by atoms with Gasteiger partial charge in [0.25, 0.3) is 0 Å². The number of benzene rings is 1. The van der Waals surface area contributed by atoms with Crippen molar-refractivity contribution in [2.24, 2.45) is 5.92 Å². The van der Waals surface area contributed by atoms with Crippen LogP contribution in [0.3, 0.4) is 0 Å². The standard InChI is InChI=1S/C47H82N4O15/c1-40(2)10-8-6-7-9-11-45(52)49-37-41-12-13-43(44(36-41)56-5)66-47(54)51-16-15-50(39-42(51)38-48-3)46(53)14-17-57-20-21-59-24-25-61-28-29-63-32-33-65-35-34-64-31-30-62-27-26-60-23-22-58-19-18-55-4/h8,10,12-13,36,40,42,48H,6-7,9,11,14-35,37-39H2,1-5H3,(H,49,52)/b10-8+. The van der Waals surface area contributed by atoms with Crippen LogP contribution in [0.15, 0.2) is 30.4 Å². The van der Waals surface area contributed by atoms with Crippen LogP contribution in [0, 0.1) is 5.92 Å². The topological polar surface area (TPSA) is 193 Å². The number of nitrogens with one attached hydrogen (secondary N) is 2. The van der Waals surface area contributed by atoms with Gasteiger partial charge >= 0.3 is 6.09 Å². The molecule has 1 heterocycles. The second-order valence-corrected chi connectivity index (χ2v) is 15.5. The lowest BCUT2D eigenvalue weighted by molar-refractivity contribution is -0.135. The number of allylic oxidation sites excluding steroid dienone is 2. The summed E-state index contributed by atoms with van der Waals surface area (Å²) in [6, 6.07) is 4.93. The van der Waals surface area contributed by atoms with Crippen molar-refractivity contribution in [1.82, 2.24) is 20.4 Å². The normalized spacial score (nSPS) is 14.1. The first-order valence-electron chi connectivity index (χ1n) is 23.5. The molecule has 1 atom stereocenters. The molecule has 1 aliphatic rings. The van der Waals surface area contributed by atoms with E-state index in [0.717, 1.165) is 24.8 Å². The predicted octanol–water partition coefficient (Wildman–Crippen LogP) is 3.50. The van der Waals surface area contributed by atoms with Gasteiger partial charge in [-0.25, -0.2) is 4.79 Å². The zero-order chi connectivity index (χ0) is 47.7. The lowest BCUT2D eigenvalue weighted by Gasteiger charge is -2.40. The van der Waals surface area contributed by atoms with E-state index < -0.39 is 6.09 Å². The third kappa shape index (κ3) is 30.0. The number of likely N-dealkylation sites (N-methyl/N-ethyl adjacent to an activating group) is 1. The summed E-state index contributed by atoms with van der Waals surface area (Å²) in [5, 5.41) is 6.08. The van der Waals surface area contributed by atoms with E-state index in [1.54, 1.807) is 42.2 Å². The van der Waals surface area contributed by atoms with E-state index in [9.17, 15) is 14.4 Å². The van der Waals surface area contributed by atoms with Gasteiger partial charge in [-0.2, -0.15) is 0 Å². The van der Waals surface area contributed by atoms with Crippen LogP contribution < -0.4 is 20.1 Å². The highest BCUT2D eigenvalue weighted by Crippen LogP contribution is 2.29. The van der Waals surface area contributed by atoms with Crippen molar-refractivity contribution < 1.29 is 71.2 Å². The van der Waals surface area contributed by atoms with Gasteiger partial charge in [0.2, 0.25) is 11.8 Å². The SMILES string of the molecule is CNCC1CN(C(=O)CCOCCOCCOCCOCCOCCOCCOCCOCCOCCOC)CCN1C(=O)Oc1ccc(CNC(=O)CCCC/C=C/C(C)C)cc1OC. The maximum atomic E-state index is 13.4. The zero-order valence-corrected chi connectivity index (χ0v) is 40.6. The molecule has 2 rings (SSSR count). The summed E-state index contributed by atoms with van der Waals surface area (Å²) in [5.41, 5.74) is 0.825. The average Bonchev–Trinajstić information content (AvgIpc) is 3.31. The molecule has 1 unspecified atom stereocenters. The maximum absolute atomic E-state index is 13.4. The van der Waals surface area contributed by atoms with Crippen molar-refractivity contribution in [2.45, 2.75) is 58.5 Å². The van der Waals surface area contributed by atoms with Gasteiger partial charge < -0.3 is 77.3 Å². The van der Waals surface area contributed by atoms with Crippen LogP contribution in [0.2, 0.25) is 0 Å². The Bertz CT molecular complexity index is 1410. The molecule has 380 valence electrons. The summed E-state index contributed by atoms with van der Waals surface area (Å²) in [4.78, 5) is 42.2. The van der Waals surface area contributed by atoms with E-state index >= 15 is 0 Å². The fourth-order valence-electron chi connectivity index (χ4n) is 6.32. The molecule has 3 amide bonds. The first-order chi connectivity index (χ1) is 32.3. The van der Waals surface area contributed by atoms with Gasteiger partial charge in [0.15, 0.2) is 11.5 Å².